The van der Waals surface area contributed by atoms with Crippen LogP contribution in [0.5, 0.6) is 0 Å². The molecule has 0 aliphatic rings. The first-order valence-corrected chi connectivity index (χ1v) is 6.69. The van der Waals surface area contributed by atoms with E-state index in [0.717, 1.165) is 11.1 Å². The first-order chi connectivity index (χ1) is 10.1. The number of ether oxygens (including phenoxy) is 1. The van der Waals surface area contributed by atoms with Crippen molar-refractivity contribution in [3.63, 3.8) is 0 Å². The molecule has 0 aliphatic carbocycles. The lowest BCUT2D eigenvalue weighted by Gasteiger charge is -2.06. The Hall–Kier alpha value is -2.62. The minimum Gasteiger partial charge on any atom is -0.461 e. The first-order valence-electron chi connectivity index (χ1n) is 6.69. The fourth-order valence-electron chi connectivity index (χ4n) is 1.86. The van der Waals surface area contributed by atoms with Gasteiger partial charge in [-0.15, -0.1) is 0 Å². The van der Waals surface area contributed by atoms with Crippen molar-refractivity contribution in [2.75, 3.05) is 5.32 Å². The van der Waals surface area contributed by atoms with E-state index in [4.69, 9.17) is 4.74 Å². The van der Waals surface area contributed by atoms with Crippen molar-refractivity contribution in [2.24, 2.45) is 0 Å². The summed E-state index contributed by atoms with van der Waals surface area (Å²) in [5.41, 5.74) is 2.53. The summed E-state index contributed by atoms with van der Waals surface area (Å²) < 4.78 is 5.22. The molecule has 4 nitrogen and oxygen atoms in total. The van der Waals surface area contributed by atoms with Gasteiger partial charge >= 0.3 is 5.97 Å². The van der Waals surface area contributed by atoms with Crippen LogP contribution in [-0.2, 0) is 27.4 Å². The number of nitrogens with one attached hydrogen (secondary N) is 1. The Bertz CT molecular complexity index is 606. The summed E-state index contributed by atoms with van der Waals surface area (Å²) in [6.45, 7) is 1.73. The first kappa shape index (κ1) is 14.8. The average molecular weight is 283 g/mol. The molecule has 4 heteroatoms. The molecule has 0 fully saturated rings. The van der Waals surface area contributed by atoms with Crippen LogP contribution in [0.25, 0.3) is 0 Å². The molecule has 2 rings (SSSR count). The smallest absolute Gasteiger partial charge is 0.310 e. The van der Waals surface area contributed by atoms with Crippen LogP contribution in [-0.4, -0.2) is 11.9 Å². The van der Waals surface area contributed by atoms with E-state index in [2.05, 4.69) is 5.32 Å². The number of hydrogen-bond donors (Lipinski definition) is 1. The summed E-state index contributed by atoms with van der Waals surface area (Å²) >= 11 is 0. The largest absolute Gasteiger partial charge is 0.461 e. The van der Waals surface area contributed by atoms with Crippen molar-refractivity contribution in [3.8, 4) is 0 Å². The molecule has 0 spiro atoms. The van der Waals surface area contributed by atoms with E-state index < -0.39 is 0 Å². The van der Waals surface area contributed by atoms with Crippen LogP contribution >= 0.6 is 0 Å². The van der Waals surface area contributed by atoms with Crippen LogP contribution in [0, 0.1) is 0 Å². The SMILES string of the molecule is CC(=O)Nc1ccc(CC(=O)OCc2ccccc2)cc1. The Balaban J connectivity index is 1.83. The zero-order valence-corrected chi connectivity index (χ0v) is 11.8. The Morgan fingerprint density at radius 1 is 0.952 bits per heavy atom. The van der Waals surface area contributed by atoms with E-state index in [-0.39, 0.29) is 24.9 Å². The van der Waals surface area contributed by atoms with E-state index in [1.54, 1.807) is 24.3 Å². The van der Waals surface area contributed by atoms with Gasteiger partial charge in [-0.1, -0.05) is 42.5 Å². The molecule has 0 bridgehead atoms. The van der Waals surface area contributed by atoms with Crippen molar-refractivity contribution < 1.29 is 14.3 Å². The second-order valence-electron chi connectivity index (χ2n) is 4.70. The van der Waals surface area contributed by atoms with Gasteiger partial charge in [0.15, 0.2) is 0 Å². The number of carbonyl (C=O) groups is 2. The molecular weight excluding hydrogens is 266 g/mol. The Kier molecular flexibility index (Phi) is 5.10. The van der Waals surface area contributed by atoms with Gasteiger partial charge in [0.05, 0.1) is 6.42 Å². The van der Waals surface area contributed by atoms with E-state index in [1.807, 2.05) is 30.3 Å². The van der Waals surface area contributed by atoms with Crippen LogP contribution in [0.3, 0.4) is 0 Å². The standard InChI is InChI=1S/C17H17NO3/c1-13(19)18-16-9-7-14(8-10-16)11-17(20)21-12-15-5-3-2-4-6-15/h2-10H,11-12H2,1H3,(H,18,19). The molecule has 0 aliphatic heterocycles. The Labute approximate surface area is 123 Å². The molecule has 0 heterocycles. The van der Waals surface area contributed by atoms with E-state index in [9.17, 15) is 9.59 Å². The lowest BCUT2D eigenvalue weighted by molar-refractivity contribution is -0.144. The third-order valence-electron chi connectivity index (χ3n) is 2.87. The quantitative estimate of drug-likeness (QED) is 0.858. The fraction of sp³-hybridized carbons (Fsp3) is 0.176. The summed E-state index contributed by atoms with van der Waals surface area (Å²) in [5, 5.41) is 2.68. The van der Waals surface area contributed by atoms with E-state index in [0.29, 0.717) is 5.69 Å². The van der Waals surface area contributed by atoms with Gasteiger partial charge < -0.3 is 10.1 Å². The molecule has 2 aromatic carbocycles. The number of rotatable bonds is 5. The van der Waals surface area contributed by atoms with Crippen molar-refractivity contribution in [1.82, 2.24) is 0 Å². The molecule has 21 heavy (non-hydrogen) atoms. The van der Waals surface area contributed by atoms with Crippen molar-refractivity contribution in [2.45, 2.75) is 20.0 Å². The Morgan fingerprint density at radius 2 is 1.62 bits per heavy atom. The molecule has 2 aromatic rings. The fourth-order valence-corrected chi connectivity index (χ4v) is 1.86. The normalized spacial score (nSPS) is 9.95. The van der Waals surface area contributed by atoms with Crippen LogP contribution < -0.4 is 5.32 Å². The maximum atomic E-state index is 11.8. The van der Waals surface area contributed by atoms with Gasteiger partial charge in [-0.25, -0.2) is 0 Å². The molecule has 1 N–H and O–H groups in total. The number of anilines is 1. The van der Waals surface area contributed by atoms with E-state index >= 15 is 0 Å². The van der Waals surface area contributed by atoms with Crippen LogP contribution in [0.4, 0.5) is 5.69 Å². The zero-order valence-electron chi connectivity index (χ0n) is 11.8. The maximum absolute atomic E-state index is 11.8. The van der Waals surface area contributed by atoms with Gasteiger partial charge in [0, 0.05) is 12.6 Å². The van der Waals surface area contributed by atoms with Crippen molar-refractivity contribution in [1.29, 1.82) is 0 Å². The predicted molar refractivity (Wildman–Crippen MR) is 80.7 cm³/mol. The molecule has 0 saturated heterocycles. The van der Waals surface area contributed by atoms with E-state index in [1.165, 1.54) is 6.92 Å². The molecule has 0 aromatic heterocycles. The van der Waals surface area contributed by atoms with Gasteiger partial charge in [-0.05, 0) is 23.3 Å². The third kappa shape index (κ3) is 5.10. The number of carbonyl (C=O) groups excluding carboxylic acids is 2. The minimum absolute atomic E-state index is 0.120. The maximum Gasteiger partial charge on any atom is 0.310 e. The molecule has 108 valence electrons. The zero-order chi connectivity index (χ0) is 15.1. The average Bonchev–Trinajstić information content (AvgIpc) is 2.48. The van der Waals surface area contributed by atoms with Gasteiger partial charge in [0.25, 0.3) is 0 Å². The second-order valence-corrected chi connectivity index (χ2v) is 4.70. The molecule has 0 atom stereocenters. The molecular formula is C17H17NO3. The highest BCUT2D eigenvalue weighted by Gasteiger charge is 2.05. The second kappa shape index (κ2) is 7.24. The molecule has 0 radical (unpaired) electrons. The summed E-state index contributed by atoms with van der Waals surface area (Å²) in [7, 11) is 0. The highest BCUT2D eigenvalue weighted by atomic mass is 16.5. The number of hydrogen-bond acceptors (Lipinski definition) is 3. The highest BCUT2D eigenvalue weighted by Crippen LogP contribution is 2.11. The van der Waals surface area contributed by atoms with Crippen LogP contribution in [0.1, 0.15) is 18.1 Å². The number of esters is 1. The van der Waals surface area contributed by atoms with Gasteiger partial charge in [0.2, 0.25) is 5.91 Å². The highest BCUT2D eigenvalue weighted by molar-refractivity contribution is 5.88. The molecule has 0 unspecified atom stereocenters. The van der Waals surface area contributed by atoms with Crippen molar-refractivity contribution >= 4 is 17.6 Å². The molecule has 0 saturated carbocycles. The topological polar surface area (TPSA) is 55.4 Å². The summed E-state index contributed by atoms with van der Waals surface area (Å²) in [5.74, 6) is -0.392. The summed E-state index contributed by atoms with van der Waals surface area (Å²) in [6.07, 6.45) is 0.215. The van der Waals surface area contributed by atoms with Crippen LogP contribution in [0.15, 0.2) is 54.6 Å². The summed E-state index contributed by atoms with van der Waals surface area (Å²) in [6, 6.07) is 16.7. The number of benzene rings is 2. The lowest BCUT2D eigenvalue weighted by Crippen LogP contribution is -2.08. The number of amides is 1. The Morgan fingerprint density at radius 3 is 2.24 bits per heavy atom. The van der Waals surface area contributed by atoms with Crippen LogP contribution in [0.2, 0.25) is 0 Å². The summed E-state index contributed by atoms with van der Waals surface area (Å²) in [4.78, 5) is 22.7. The molecule has 1 amide bonds. The monoisotopic (exact) mass is 283 g/mol. The minimum atomic E-state index is -0.272. The predicted octanol–water partition coefficient (Wildman–Crippen LogP) is 2.93. The van der Waals surface area contributed by atoms with Gasteiger partial charge in [0.1, 0.15) is 6.61 Å². The lowest BCUT2D eigenvalue weighted by atomic mass is 10.1. The third-order valence-corrected chi connectivity index (χ3v) is 2.87. The van der Waals surface area contributed by atoms with Crippen molar-refractivity contribution in [3.05, 3.63) is 65.7 Å². The van der Waals surface area contributed by atoms with Gasteiger partial charge in [-0.3, -0.25) is 9.59 Å². The van der Waals surface area contributed by atoms with Gasteiger partial charge in [-0.2, -0.15) is 0 Å².